The first-order valence-corrected chi connectivity index (χ1v) is 8.29. The fraction of sp³-hybridized carbons (Fsp3) is 0.350. The predicted molar refractivity (Wildman–Crippen MR) is 94.8 cm³/mol. The summed E-state index contributed by atoms with van der Waals surface area (Å²) in [4.78, 5) is 14.6. The first-order valence-electron chi connectivity index (χ1n) is 8.29. The van der Waals surface area contributed by atoms with Gasteiger partial charge in [-0.2, -0.15) is 7.05 Å². The molecule has 1 aliphatic heterocycles. The largest absolute Gasteiger partial charge is 1.00 e. The van der Waals surface area contributed by atoms with Crippen LogP contribution in [-0.2, 0) is 6.42 Å². The van der Waals surface area contributed by atoms with Gasteiger partial charge in [-0.05, 0) is 41.7 Å². The summed E-state index contributed by atoms with van der Waals surface area (Å²) in [5.74, 6) is 0.115. The van der Waals surface area contributed by atoms with E-state index in [1.54, 1.807) is 0 Å². The molecule has 0 aromatic heterocycles. The number of nitrogens with zero attached hydrogens (tertiary/aromatic N) is 2. The quantitative estimate of drug-likeness (QED) is 0.779. The number of rotatable bonds is 4. The molecule has 0 unspecified atom stereocenters. The Bertz CT molecular complexity index is 702. The molecule has 0 N–H and O–H groups in total. The van der Waals surface area contributed by atoms with Gasteiger partial charge in [-0.3, -0.25) is 4.79 Å². The first kappa shape index (κ1) is 18.8. The Labute approximate surface area is 156 Å². The first-order chi connectivity index (χ1) is 11.2. The van der Waals surface area contributed by atoms with Gasteiger partial charge in [-0.15, -0.1) is 6.04 Å². The van der Waals surface area contributed by atoms with Crippen LogP contribution in [0.15, 0.2) is 48.5 Å². The molecule has 1 atom stereocenters. The number of amides is 1. The molecule has 1 aliphatic rings. The molecule has 2 aromatic rings. The van der Waals surface area contributed by atoms with Crippen molar-refractivity contribution in [2.24, 2.45) is 0 Å². The molecule has 24 heavy (non-hydrogen) atoms. The van der Waals surface area contributed by atoms with Crippen LogP contribution in [0.5, 0.6) is 0 Å². The predicted octanol–water partition coefficient (Wildman–Crippen LogP) is 1.14. The molecule has 0 aliphatic carbocycles. The minimum absolute atomic E-state index is 0. The van der Waals surface area contributed by atoms with Crippen molar-refractivity contribution in [3.8, 4) is 11.1 Å². The van der Waals surface area contributed by atoms with E-state index in [4.69, 9.17) is 0 Å². The molecular weight excluding hydrogens is 291 g/mol. The van der Waals surface area contributed by atoms with Crippen LogP contribution in [0.3, 0.4) is 0 Å². The fourth-order valence-electron chi connectivity index (χ4n) is 3.12. The summed E-state index contributed by atoms with van der Waals surface area (Å²) in [6.07, 6.45) is 1.99. The number of carbonyl (C=O) groups is 1. The minimum Gasteiger partial charge on any atom is -0.661 e. The maximum Gasteiger partial charge on any atom is 1.00 e. The van der Waals surface area contributed by atoms with Crippen LogP contribution in [0.1, 0.15) is 29.3 Å². The number of hydrogen-bond acceptors (Lipinski definition) is 1. The molecule has 0 saturated carbocycles. The minimum atomic E-state index is 0. The Morgan fingerprint density at radius 1 is 1.17 bits per heavy atom. The van der Waals surface area contributed by atoms with Crippen LogP contribution in [0, 0.1) is 0 Å². The molecule has 1 amide bonds. The third-order valence-corrected chi connectivity index (χ3v) is 4.59. The summed E-state index contributed by atoms with van der Waals surface area (Å²) in [6, 6.07) is 16.8. The van der Waals surface area contributed by atoms with E-state index in [-0.39, 0.29) is 24.8 Å². The monoisotopic (exact) mass is 314 g/mol. The van der Waals surface area contributed by atoms with Gasteiger partial charge in [0, 0.05) is 18.7 Å². The maximum absolute atomic E-state index is 12.7. The van der Waals surface area contributed by atoms with Gasteiger partial charge >= 0.3 is 18.9 Å². The van der Waals surface area contributed by atoms with Crippen LogP contribution < -0.4 is 18.9 Å². The number of hydrogen-bond donors (Lipinski definition) is 0. The summed E-state index contributed by atoms with van der Waals surface area (Å²) in [5.41, 5.74) is 4.34. The third kappa shape index (κ3) is 4.11. The van der Waals surface area contributed by atoms with Gasteiger partial charge in [-0.25, -0.2) is 0 Å². The van der Waals surface area contributed by atoms with E-state index in [1.807, 2.05) is 30.1 Å². The summed E-state index contributed by atoms with van der Waals surface area (Å²) >= 11 is 0. The molecule has 0 bridgehead atoms. The second kappa shape index (κ2) is 8.53. The number of likely N-dealkylation sites (N-methyl/N-ethyl adjacent to an activating group) is 1. The Morgan fingerprint density at radius 2 is 1.88 bits per heavy atom. The van der Waals surface area contributed by atoms with Gasteiger partial charge in [0.25, 0.3) is 5.91 Å². The maximum atomic E-state index is 12.7. The summed E-state index contributed by atoms with van der Waals surface area (Å²) in [6.45, 7) is 3.70. The number of carbonyl (C=O) groups excluding carboxylic acids is 1. The molecule has 3 nitrogen and oxygen atoms in total. The van der Waals surface area contributed by atoms with Gasteiger partial charge in [0.05, 0.1) is 0 Å². The third-order valence-electron chi connectivity index (χ3n) is 4.59. The van der Waals surface area contributed by atoms with Gasteiger partial charge in [0.1, 0.15) is 0 Å². The van der Waals surface area contributed by atoms with Crippen molar-refractivity contribution in [3.63, 3.8) is 0 Å². The normalized spacial score (nSPS) is 16.8. The van der Waals surface area contributed by atoms with Crippen molar-refractivity contribution in [2.45, 2.75) is 25.8 Å². The molecule has 1 saturated heterocycles. The van der Waals surface area contributed by atoms with Crippen molar-refractivity contribution < 1.29 is 23.7 Å². The Morgan fingerprint density at radius 3 is 2.54 bits per heavy atom. The average Bonchev–Trinajstić information content (AvgIpc) is 3.10. The molecule has 1 heterocycles. The molecule has 1 fully saturated rings. The molecule has 0 spiro atoms. The molecule has 120 valence electrons. The van der Waals surface area contributed by atoms with Crippen LogP contribution in [0.25, 0.3) is 16.4 Å². The van der Waals surface area contributed by atoms with Crippen molar-refractivity contribution >= 4 is 5.91 Å². The zero-order chi connectivity index (χ0) is 16.2. The average molecular weight is 314 g/mol. The zero-order valence-corrected chi connectivity index (χ0v) is 14.8. The van der Waals surface area contributed by atoms with Crippen LogP contribution in [0.4, 0.5) is 0 Å². The van der Waals surface area contributed by atoms with Crippen molar-refractivity contribution in [3.05, 3.63) is 65.0 Å². The Balaban J connectivity index is 0.00000208. The van der Waals surface area contributed by atoms with E-state index in [2.05, 4.69) is 42.6 Å². The second-order valence-corrected chi connectivity index (χ2v) is 6.09. The molecule has 0 radical (unpaired) electrons. The zero-order valence-electron chi connectivity index (χ0n) is 14.8. The summed E-state index contributed by atoms with van der Waals surface area (Å²) < 4.78 is 0. The van der Waals surface area contributed by atoms with Gasteiger partial charge in [0.15, 0.2) is 0 Å². The van der Waals surface area contributed by atoms with Crippen LogP contribution in [-0.4, -0.2) is 37.0 Å². The molecule has 2 aromatic carbocycles. The summed E-state index contributed by atoms with van der Waals surface area (Å²) in [5, 5.41) is 4.30. The SMILES string of the molecule is CCc1cccc(-c2cccc(C(=O)N3CC[C@H]([N-]C)C3)c2)c1.[Li+]. The number of aryl methyl sites for hydroxylation is 1. The van der Waals surface area contributed by atoms with E-state index in [0.29, 0.717) is 6.04 Å². The van der Waals surface area contributed by atoms with E-state index < -0.39 is 0 Å². The van der Waals surface area contributed by atoms with Gasteiger partial charge in [-0.1, -0.05) is 43.3 Å². The molecular formula is C20H23LiN2O. The van der Waals surface area contributed by atoms with Gasteiger partial charge < -0.3 is 10.2 Å². The topological polar surface area (TPSA) is 34.4 Å². The second-order valence-electron chi connectivity index (χ2n) is 6.09. The van der Waals surface area contributed by atoms with E-state index in [9.17, 15) is 4.79 Å². The van der Waals surface area contributed by atoms with E-state index in [0.717, 1.165) is 37.1 Å². The van der Waals surface area contributed by atoms with E-state index >= 15 is 0 Å². The molecule has 4 heteroatoms. The standard InChI is InChI=1S/C20H23N2O.Li/c1-3-15-6-4-7-16(12-15)17-8-5-9-18(13-17)20(23)22-11-10-19(14-22)21-2;/h4-9,12-13,19H,3,10-11,14H2,1-2H3;/q-1;+1/t19-;/m0./s1. The van der Waals surface area contributed by atoms with Gasteiger partial charge in [0.2, 0.25) is 0 Å². The summed E-state index contributed by atoms with van der Waals surface area (Å²) in [7, 11) is 1.83. The van der Waals surface area contributed by atoms with Crippen molar-refractivity contribution in [1.82, 2.24) is 4.90 Å². The fourth-order valence-corrected chi connectivity index (χ4v) is 3.12. The molecule has 3 rings (SSSR count). The van der Waals surface area contributed by atoms with Crippen LogP contribution >= 0.6 is 0 Å². The Kier molecular flexibility index (Phi) is 6.68. The van der Waals surface area contributed by atoms with Crippen molar-refractivity contribution in [2.75, 3.05) is 20.1 Å². The number of benzene rings is 2. The smallest absolute Gasteiger partial charge is 0.661 e. The Hall–Kier alpha value is -1.53. The van der Waals surface area contributed by atoms with Crippen LogP contribution in [0.2, 0.25) is 0 Å². The van der Waals surface area contributed by atoms with E-state index in [1.165, 1.54) is 11.1 Å². The van der Waals surface area contributed by atoms with Crippen molar-refractivity contribution in [1.29, 1.82) is 0 Å². The number of likely N-dealkylation sites (tertiary alicyclic amines) is 1.